The van der Waals surface area contributed by atoms with Crippen molar-refractivity contribution in [3.8, 4) is 0 Å². The molecule has 0 saturated heterocycles. The monoisotopic (exact) mass is 262 g/mol. The lowest BCUT2D eigenvalue weighted by molar-refractivity contribution is -0.127. The maximum Gasteiger partial charge on any atom is 0.136 e. The van der Waals surface area contributed by atoms with Crippen molar-refractivity contribution < 1.29 is 9.53 Å². The predicted octanol–water partition coefficient (Wildman–Crippen LogP) is 2.94. The smallest absolute Gasteiger partial charge is 0.136 e. The Balaban J connectivity index is 2.52. The van der Waals surface area contributed by atoms with Crippen molar-refractivity contribution in [2.45, 2.75) is 44.6 Å². The van der Waals surface area contributed by atoms with E-state index in [0.717, 1.165) is 31.0 Å². The normalized spacial score (nSPS) is 27.4. The third-order valence-electron chi connectivity index (χ3n) is 3.13. The highest BCUT2D eigenvalue weighted by Gasteiger charge is 2.31. The second kappa shape index (κ2) is 5.26. The Bertz CT molecular complexity index is 199. The van der Waals surface area contributed by atoms with Crippen LogP contribution in [0.4, 0.5) is 0 Å². The van der Waals surface area contributed by atoms with E-state index in [2.05, 4.69) is 22.9 Å². The molecular formula is C11H19BrO2. The zero-order chi connectivity index (χ0) is 10.6. The zero-order valence-electron chi connectivity index (χ0n) is 9.01. The van der Waals surface area contributed by atoms with E-state index in [9.17, 15) is 4.79 Å². The first-order valence-corrected chi connectivity index (χ1v) is 6.37. The van der Waals surface area contributed by atoms with E-state index in [1.54, 1.807) is 7.11 Å². The van der Waals surface area contributed by atoms with Crippen LogP contribution in [0.3, 0.4) is 0 Å². The maximum absolute atomic E-state index is 11.6. The van der Waals surface area contributed by atoms with Crippen molar-refractivity contribution >= 4 is 21.7 Å². The molecule has 1 aliphatic rings. The molecule has 0 amide bonds. The highest BCUT2D eigenvalue weighted by Crippen LogP contribution is 2.30. The molecule has 14 heavy (non-hydrogen) atoms. The van der Waals surface area contributed by atoms with Gasteiger partial charge in [0.25, 0.3) is 0 Å². The molecule has 1 rings (SSSR count). The molecule has 1 saturated carbocycles. The third-order valence-corrected chi connectivity index (χ3v) is 4.32. The van der Waals surface area contributed by atoms with Gasteiger partial charge in [0.1, 0.15) is 5.78 Å². The number of alkyl halides is 1. The van der Waals surface area contributed by atoms with Crippen molar-refractivity contribution in [3.63, 3.8) is 0 Å². The minimum atomic E-state index is -0.183. The van der Waals surface area contributed by atoms with E-state index in [-0.39, 0.29) is 11.5 Å². The average Bonchev–Trinajstić information content (AvgIpc) is 2.21. The van der Waals surface area contributed by atoms with Gasteiger partial charge in [0.2, 0.25) is 0 Å². The fourth-order valence-electron chi connectivity index (χ4n) is 1.98. The number of halogens is 1. The molecule has 2 nitrogen and oxygen atoms in total. The quantitative estimate of drug-likeness (QED) is 0.729. The Morgan fingerprint density at radius 3 is 2.79 bits per heavy atom. The van der Waals surface area contributed by atoms with E-state index in [4.69, 9.17) is 4.74 Å². The van der Waals surface area contributed by atoms with Crippen molar-refractivity contribution in [1.82, 2.24) is 0 Å². The van der Waals surface area contributed by atoms with E-state index in [0.29, 0.717) is 5.78 Å². The standard InChI is InChI=1S/C11H19BrO2/c1-11(8-12,14-2)7-9-5-3-4-6-10(9)13/h9H,3-8H2,1-2H3. The topological polar surface area (TPSA) is 26.3 Å². The van der Waals surface area contributed by atoms with Crippen molar-refractivity contribution in [3.05, 3.63) is 0 Å². The minimum absolute atomic E-state index is 0.183. The summed E-state index contributed by atoms with van der Waals surface area (Å²) in [6.45, 7) is 2.06. The molecule has 0 aromatic carbocycles. The fraction of sp³-hybridized carbons (Fsp3) is 0.909. The van der Waals surface area contributed by atoms with E-state index in [1.807, 2.05) is 0 Å². The molecule has 2 unspecified atom stereocenters. The number of methoxy groups -OCH3 is 1. The first-order valence-electron chi connectivity index (χ1n) is 5.25. The number of rotatable bonds is 4. The predicted molar refractivity (Wildman–Crippen MR) is 60.8 cm³/mol. The SMILES string of the molecule is COC(C)(CBr)CC1CCCCC1=O. The van der Waals surface area contributed by atoms with Gasteiger partial charge < -0.3 is 4.74 Å². The third kappa shape index (κ3) is 3.06. The largest absolute Gasteiger partial charge is 0.378 e. The van der Waals surface area contributed by atoms with Gasteiger partial charge >= 0.3 is 0 Å². The summed E-state index contributed by atoms with van der Waals surface area (Å²) < 4.78 is 5.44. The molecule has 0 N–H and O–H groups in total. The van der Waals surface area contributed by atoms with Crippen LogP contribution < -0.4 is 0 Å². The molecule has 1 aliphatic carbocycles. The number of carbonyl (C=O) groups excluding carboxylic acids is 1. The molecule has 1 fully saturated rings. The van der Waals surface area contributed by atoms with Crippen LogP contribution in [0.25, 0.3) is 0 Å². The molecule has 0 aromatic rings. The Morgan fingerprint density at radius 2 is 2.29 bits per heavy atom. The number of hydrogen-bond donors (Lipinski definition) is 0. The first kappa shape index (κ1) is 12.2. The van der Waals surface area contributed by atoms with Crippen LogP contribution in [0.1, 0.15) is 39.0 Å². The van der Waals surface area contributed by atoms with Crippen LogP contribution in [0, 0.1) is 5.92 Å². The van der Waals surface area contributed by atoms with Gasteiger partial charge in [0, 0.05) is 24.8 Å². The lowest BCUT2D eigenvalue weighted by Gasteiger charge is -2.31. The Hall–Kier alpha value is 0.110. The highest BCUT2D eigenvalue weighted by atomic mass is 79.9. The van der Waals surface area contributed by atoms with Gasteiger partial charge in [-0.25, -0.2) is 0 Å². The van der Waals surface area contributed by atoms with Crippen LogP contribution >= 0.6 is 15.9 Å². The van der Waals surface area contributed by atoms with Gasteiger partial charge in [-0.15, -0.1) is 0 Å². The van der Waals surface area contributed by atoms with Crippen LogP contribution in [-0.4, -0.2) is 23.8 Å². The molecule has 0 aliphatic heterocycles. The summed E-state index contributed by atoms with van der Waals surface area (Å²) in [4.78, 5) is 11.6. The molecule has 2 atom stereocenters. The number of Topliss-reactive ketones (excluding diaryl/α,β-unsaturated/α-hetero) is 1. The second-order valence-electron chi connectivity index (χ2n) is 4.40. The van der Waals surface area contributed by atoms with Gasteiger partial charge in [0.15, 0.2) is 0 Å². The summed E-state index contributed by atoms with van der Waals surface area (Å²) in [7, 11) is 1.72. The van der Waals surface area contributed by atoms with E-state index >= 15 is 0 Å². The molecule has 3 heteroatoms. The summed E-state index contributed by atoms with van der Waals surface area (Å²) in [5.74, 6) is 0.659. The van der Waals surface area contributed by atoms with Crippen molar-refractivity contribution in [1.29, 1.82) is 0 Å². The summed E-state index contributed by atoms with van der Waals surface area (Å²) in [6, 6.07) is 0. The first-order chi connectivity index (χ1) is 6.61. The van der Waals surface area contributed by atoms with Gasteiger partial charge in [-0.2, -0.15) is 0 Å². The number of ether oxygens (including phenoxy) is 1. The molecule has 0 aromatic heterocycles. The summed E-state index contributed by atoms with van der Waals surface area (Å²) >= 11 is 3.44. The Labute approximate surface area is 94.5 Å². The maximum atomic E-state index is 11.6. The summed E-state index contributed by atoms with van der Waals surface area (Å²) in [5, 5.41) is 0.792. The highest BCUT2D eigenvalue weighted by molar-refractivity contribution is 9.09. The molecule has 0 spiro atoms. The van der Waals surface area contributed by atoms with Crippen LogP contribution in [0.2, 0.25) is 0 Å². The molecule has 82 valence electrons. The van der Waals surface area contributed by atoms with Crippen LogP contribution in [-0.2, 0) is 9.53 Å². The second-order valence-corrected chi connectivity index (χ2v) is 4.96. The lowest BCUT2D eigenvalue weighted by atomic mass is 9.81. The van der Waals surface area contributed by atoms with Gasteiger partial charge in [-0.3, -0.25) is 4.79 Å². The average molecular weight is 263 g/mol. The van der Waals surface area contributed by atoms with Gasteiger partial charge in [0.05, 0.1) is 5.60 Å². The van der Waals surface area contributed by atoms with Crippen LogP contribution in [0.15, 0.2) is 0 Å². The minimum Gasteiger partial charge on any atom is -0.378 e. The van der Waals surface area contributed by atoms with E-state index < -0.39 is 0 Å². The molecule has 0 heterocycles. The van der Waals surface area contributed by atoms with E-state index in [1.165, 1.54) is 6.42 Å². The number of hydrogen-bond acceptors (Lipinski definition) is 2. The zero-order valence-corrected chi connectivity index (χ0v) is 10.6. The van der Waals surface area contributed by atoms with Crippen molar-refractivity contribution in [2.75, 3.05) is 12.4 Å². The summed E-state index contributed by atoms with van der Waals surface area (Å²) in [6.07, 6.45) is 4.94. The van der Waals surface area contributed by atoms with Gasteiger partial charge in [-0.05, 0) is 26.2 Å². The van der Waals surface area contributed by atoms with Gasteiger partial charge in [-0.1, -0.05) is 22.4 Å². The Morgan fingerprint density at radius 1 is 1.57 bits per heavy atom. The molecule has 0 radical (unpaired) electrons. The lowest BCUT2D eigenvalue weighted by Crippen LogP contribution is -2.35. The Kier molecular flexibility index (Phi) is 4.58. The molecular weight excluding hydrogens is 244 g/mol. The number of carbonyl (C=O) groups is 1. The number of ketones is 1. The van der Waals surface area contributed by atoms with Crippen molar-refractivity contribution in [2.24, 2.45) is 5.92 Å². The van der Waals surface area contributed by atoms with Crippen LogP contribution in [0.5, 0.6) is 0 Å². The fourth-order valence-corrected chi connectivity index (χ4v) is 2.44. The molecule has 0 bridgehead atoms. The summed E-state index contributed by atoms with van der Waals surface area (Å²) in [5.41, 5.74) is -0.183.